The summed E-state index contributed by atoms with van der Waals surface area (Å²) in [6.07, 6.45) is -1.19. The standard InChI is InChI=1S/C37H58O11/c1-18(15-21(47-19(2)38)29(43)33(5,6)45)25-27(41)30(44)35(8)23-10-9-22-32(3,4)24(48-31-28(42)26(40)20(39)16-46-31)11-12-36(22)17-37(23,36)14-13-34(25,35)7/h10,18,20-22,24-26,28-31,39-40,42-45H,9,11-17H2,1-8H3/t18-,20-,21-,22+,24+,25+,26+,28-,29-,30+,31+,34-,35-,36?,37?/m1/s1. The van der Waals surface area contributed by atoms with Crippen LogP contribution in [0, 0.1) is 44.8 Å². The van der Waals surface area contributed by atoms with E-state index in [1.54, 1.807) is 0 Å². The average molecular weight is 679 g/mol. The summed E-state index contributed by atoms with van der Waals surface area (Å²) in [4.78, 5) is 26.2. The molecule has 11 nitrogen and oxygen atoms in total. The Labute approximate surface area is 284 Å². The fraction of sp³-hybridized carbons (Fsp3) is 0.892. The second-order valence-corrected chi connectivity index (χ2v) is 17.9. The van der Waals surface area contributed by atoms with Gasteiger partial charge in [-0.3, -0.25) is 9.59 Å². The first-order valence-corrected chi connectivity index (χ1v) is 17.9. The fourth-order valence-corrected chi connectivity index (χ4v) is 12.0. The van der Waals surface area contributed by atoms with E-state index in [0.29, 0.717) is 0 Å². The van der Waals surface area contributed by atoms with Crippen LogP contribution in [0.4, 0.5) is 0 Å². The van der Waals surface area contributed by atoms with Crippen LogP contribution < -0.4 is 0 Å². The van der Waals surface area contributed by atoms with E-state index in [0.717, 1.165) is 38.5 Å². The van der Waals surface area contributed by atoms with Crippen LogP contribution in [0.25, 0.3) is 0 Å². The number of ketones is 1. The molecular weight excluding hydrogens is 620 g/mol. The molecule has 4 saturated carbocycles. The fourth-order valence-electron chi connectivity index (χ4n) is 12.0. The molecule has 272 valence electrons. The van der Waals surface area contributed by atoms with E-state index in [1.165, 1.54) is 26.3 Å². The monoisotopic (exact) mass is 678 g/mol. The maximum Gasteiger partial charge on any atom is 0.302 e. The third-order valence-corrected chi connectivity index (χ3v) is 14.7. The van der Waals surface area contributed by atoms with Crippen LogP contribution in [0.3, 0.4) is 0 Å². The summed E-state index contributed by atoms with van der Waals surface area (Å²) < 4.78 is 17.5. The SMILES string of the molecule is CC(=O)O[C@H](C[C@@H](C)[C@H]1C(=O)[C@H](O)[C@@]2(C)C3=CC[C@H]4C(C)(C)[C@@H](O[C@@H]5OC[C@@H](O)[C@H](O)[C@H]5O)CCC45CC35CC[C@]12C)[C@@H](O)C(C)(C)O. The van der Waals surface area contributed by atoms with Gasteiger partial charge in [-0.25, -0.2) is 0 Å². The molecule has 0 aromatic heterocycles. The summed E-state index contributed by atoms with van der Waals surface area (Å²) in [5.74, 6) is -1.41. The lowest BCUT2D eigenvalue weighted by Gasteiger charge is -2.60. The van der Waals surface area contributed by atoms with Crippen LogP contribution >= 0.6 is 0 Å². The van der Waals surface area contributed by atoms with Crippen molar-refractivity contribution in [3.63, 3.8) is 0 Å². The molecule has 48 heavy (non-hydrogen) atoms. The topological polar surface area (TPSA) is 183 Å². The van der Waals surface area contributed by atoms with Gasteiger partial charge >= 0.3 is 5.97 Å². The molecular formula is C37H58O11. The largest absolute Gasteiger partial charge is 0.460 e. The van der Waals surface area contributed by atoms with Crippen LogP contribution in [0.2, 0.25) is 0 Å². The summed E-state index contributed by atoms with van der Waals surface area (Å²) in [6, 6.07) is 0. The molecule has 2 spiro atoms. The van der Waals surface area contributed by atoms with Crippen molar-refractivity contribution in [2.75, 3.05) is 6.61 Å². The normalized spacial score (nSPS) is 48.2. The number of aliphatic hydroxyl groups is 6. The number of fused-ring (bicyclic) bond motifs is 2. The van der Waals surface area contributed by atoms with Gasteiger partial charge in [-0.05, 0) is 92.3 Å². The van der Waals surface area contributed by atoms with Crippen molar-refractivity contribution in [3.05, 3.63) is 11.6 Å². The number of hydrogen-bond donors (Lipinski definition) is 6. The molecule has 11 heteroatoms. The number of esters is 1. The Bertz CT molecular complexity index is 1340. The lowest BCUT2D eigenvalue weighted by Crippen LogP contribution is -2.58. The zero-order valence-electron chi connectivity index (χ0n) is 29.8. The summed E-state index contributed by atoms with van der Waals surface area (Å²) in [6.45, 7) is 14.6. The van der Waals surface area contributed by atoms with E-state index in [1.807, 2.05) is 6.92 Å². The first kappa shape index (κ1) is 36.4. The van der Waals surface area contributed by atoms with Crippen LogP contribution in [-0.2, 0) is 23.8 Å². The molecule has 1 saturated heterocycles. The number of carbonyl (C=O) groups is 2. The molecule has 1 aliphatic heterocycles. The number of rotatable bonds is 8. The Morgan fingerprint density at radius 3 is 2.38 bits per heavy atom. The summed E-state index contributed by atoms with van der Waals surface area (Å²) in [7, 11) is 0. The van der Waals surface area contributed by atoms with Crippen molar-refractivity contribution in [1.82, 2.24) is 0 Å². The maximum absolute atomic E-state index is 14.2. The van der Waals surface area contributed by atoms with Gasteiger partial charge in [0, 0.05) is 18.3 Å². The third kappa shape index (κ3) is 4.89. The Balaban J connectivity index is 1.27. The van der Waals surface area contributed by atoms with Gasteiger partial charge in [0.1, 0.15) is 36.6 Å². The number of allylic oxidation sites excluding steroid dienone is 1. The average Bonchev–Trinajstić information content (AvgIpc) is 3.63. The minimum atomic E-state index is -1.52. The molecule has 0 aromatic carbocycles. The first-order chi connectivity index (χ1) is 22.1. The molecule has 6 N–H and O–H groups in total. The number of aliphatic hydroxyl groups excluding tert-OH is 5. The van der Waals surface area contributed by atoms with Crippen LogP contribution in [0.15, 0.2) is 11.6 Å². The van der Waals surface area contributed by atoms with Gasteiger partial charge in [-0.15, -0.1) is 0 Å². The minimum absolute atomic E-state index is 0.00373. The minimum Gasteiger partial charge on any atom is -0.460 e. The van der Waals surface area contributed by atoms with Crippen molar-refractivity contribution < 1.29 is 54.4 Å². The Morgan fingerprint density at radius 2 is 1.75 bits per heavy atom. The number of hydrogen-bond acceptors (Lipinski definition) is 11. The van der Waals surface area contributed by atoms with Gasteiger partial charge in [0.15, 0.2) is 12.1 Å². The molecule has 0 radical (unpaired) electrons. The van der Waals surface area contributed by atoms with Crippen LogP contribution in [0.1, 0.15) is 100 Å². The third-order valence-electron chi connectivity index (χ3n) is 14.7. The zero-order valence-corrected chi connectivity index (χ0v) is 29.8. The molecule has 5 fully saturated rings. The Kier molecular flexibility index (Phi) is 8.74. The van der Waals surface area contributed by atoms with Gasteiger partial charge in [-0.2, -0.15) is 0 Å². The van der Waals surface area contributed by atoms with Crippen LogP contribution in [-0.4, -0.2) is 104 Å². The van der Waals surface area contributed by atoms with Gasteiger partial charge in [0.2, 0.25) is 0 Å². The smallest absolute Gasteiger partial charge is 0.302 e. The van der Waals surface area contributed by atoms with E-state index in [4.69, 9.17) is 14.2 Å². The van der Waals surface area contributed by atoms with Gasteiger partial charge in [0.05, 0.1) is 18.3 Å². The van der Waals surface area contributed by atoms with E-state index in [-0.39, 0.29) is 53.0 Å². The quantitative estimate of drug-likeness (QED) is 0.164. The highest BCUT2D eigenvalue weighted by Gasteiger charge is 2.82. The molecule has 0 amide bonds. The van der Waals surface area contributed by atoms with Crippen molar-refractivity contribution in [1.29, 1.82) is 0 Å². The van der Waals surface area contributed by atoms with E-state index < -0.39 is 71.2 Å². The number of carbonyl (C=O) groups excluding carboxylic acids is 2. The maximum atomic E-state index is 14.2. The molecule has 1 heterocycles. The highest BCUT2D eigenvalue weighted by molar-refractivity contribution is 5.91. The molecule has 0 bridgehead atoms. The molecule has 2 unspecified atom stereocenters. The van der Waals surface area contributed by atoms with Gasteiger partial charge in [-0.1, -0.05) is 46.3 Å². The molecule has 5 aliphatic carbocycles. The van der Waals surface area contributed by atoms with Gasteiger partial charge in [0.25, 0.3) is 0 Å². The van der Waals surface area contributed by atoms with Crippen molar-refractivity contribution in [2.24, 2.45) is 44.8 Å². The predicted molar refractivity (Wildman–Crippen MR) is 173 cm³/mol. The van der Waals surface area contributed by atoms with Crippen LogP contribution in [0.5, 0.6) is 0 Å². The summed E-state index contributed by atoms with van der Waals surface area (Å²) in [5, 5.41) is 64.1. The highest BCUT2D eigenvalue weighted by atomic mass is 16.7. The summed E-state index contributed by atoms with van der Waals surface area (Å²) >= 11 is 0. The molecule has 0 aromatic rings. The van der Waals surface area contributed by atoms with Crippen molar-refractivity contribution in [2.45, 2.75) is 155 Å². The lowest BCUT2D eigenvalue weighted by molar-refractivity contribution is -0.300. The lowest BCUT2D eigenvalue weighted by atomic mass is 9.44. The number of Topliss-reactive ketones (excluding diaryl/α,β-unsaturated/α-hetero) is 1. The molecule has 15 atom stereocenters. The second kappa shape index (κ2) is 11.5. The second-order valence-electron chi connectivity index (χ2n) is 17.9. The van der Waals surface area contributed by atoms with Crippen molar-refractivity contribution >= 4 is 11.8 Å². The predicted octanol–water partition coefficient (Wildman–Crippen LogP) is 2.41. The Morgan fingerprint density at radius 1 is 1.08 bits per heavy atom. The highest BCUT2D eigenvalue weighted by Crippen LogP contribution is 2.87. The van der Waals surface area contributed by atoms with Crippen molar-refractivity contribution in [3.8, 4) is 0 Å². The van der Waals surface area contributed by atoms with E-state index in [2.05, 4.69) is 33.8 Å². The first-order valence-electron chi connectivity index (χ1n) is 17.9. The van der Waals surface area contributed by atoms with E-state index in [9.17, 15) is 40.2 Å². The van der Waals surface area contributed by atoms with Gasteiger partial charge < -0.3 is 44.8 Å². The Hall–Kier alpha value is -1.44. The zero-order chi connectivity index (χ0) is 35.6. The summed E-state index contributed by atoms with van der Waals surface area (Å²) in [5.41, 5.74) is -2.14. The van der Waals surface area contributed by atoms with E-state index >= 15 is 0 Å². The number of ether oxygens (including phenoxy) is 3. The molecule has 6 rings (SSSR count). The molecule has 6 aliphatic rings.